The summed E-state index contributed by atoms with van der Waals surface area (Å²) in [6, 6.07) is 92.1. The van der Waals surface area contributed by atoms with E-state index in [1.807, 2.05) is 168 Å². The summed E-state index contributed by atoms with van der Waals surface area (Å²) in [7, 11) is 0. The second-order valence-corrected chi connectivity index (χ2v) is 19.3. The largest absolute Gasteiger partial charge is 0.358 e. The highest BCUT2D eigenvalue weighted by Crippen LogP contribution is 2.49. The average Bonchev–Trinajstić information content (AvgIpc) is 4.09. The summed E-state index contributed by atoms with van der Waals surface area (Å²) in [5.74, 6) is 0. The zero-order valence-corrected chi connectivity index (χ0v) is 41.8. The molecule has 1 aliphatic rings. The van der Waals surface area contributed by atoms with Gasteiger partial charge in [-0.15, -0.1) is 0 Å². The number of nitrogens with zero attached hydrogens (tertiary/aromatic N) is 4. The smallest absolute Gasteiger partial charge is 0.166 e. The minimum absolute atomic E-state index is 0.147. The summed E-state index contributed by atoms with van der Waals surface area (Å²) in [5, 5.41) is 0. The van der Waals surface area contributed by atoms with Crippen LogP contribution in [0.25, 0.3) is 11.2 Å². The molecule has 4 atom stereocenters. The number of halogens is 1. The molecule has 1 fully saturated rings. The van der Waals surface area contributed by atoms with Gasteiger partial charge in [-0.1, -0.05) is 273 Å². The molecular weight excluding hydrogens is 940 g/mol. The first-order chi connectivity index (χ1) is 37.6. The molecular formula is C68H55FN4O3. The van der Waals surface area contributed by atoms with Gasteiger partial charge < -0.3 is 14.2 Å². The molecule has 0 radical (unpaired) electrons. The van der Waals surface area contributed by atoms with E-state index in [-0.39, 0.29) is 6.61 Å². The molecule has 0 unspecified atom stereocenters. The monoisotopic (exact) mass is 994 g/mol. The van der Waals surface area contributed by atoms with E-state index < -0.39 is 41.2 Å². The quantitative estimate of drug-likeness (QED) is 0.0847. The van der Waals surface area contributed by atoms with Gasteiger partial charge in [0.2, 0.25) is 0 Å². The number of rotatable bonds is 17. The van der Waals surface area contributed by atoms with Crippen LogP contribution in [-0.4, -0.2) is 44.5 Å². The molecule has 2 aromatic heterocycles. The van der Waals surface area contributed by atoms with Gasteiger partial charge in [0, 0.05) is 6.42 Å². The minimum Gasteiger partial charge on any atom is -0.358 e. The summed E-state index contributed by atoms with van der Waals surface area (Å²) >= 11 is 0. The summed E-state index contributed by atoms with van der Waals surface area (Å²) in [6.45, 7) is -0.147. The predicted molar refractivity (Wildman–Crippen MR) is 296 cm³/mol. The van der Waals surface area contributed by atoms with Crippen molar-refractivity contribution in [2.45, 2.75) is 47.6 Å². The van der Waals surface area contributed by atoms with Crippen LogP contribution in [0.15, 0.2) is 286 Å². The lowest BCUT2D eigenvalue weighted by atomic mass is 9.66. The maximum atomic E-state index is 18.8. The van der Waals surface area contributed by atoms with Crippen LogP contribution in [0.5, 0.6) is 0 Å². The van der Waals surface area contributed by atoms with E-state index in [1.54, 1.807) is 12.7 Å². The molecule has 7 nitrogen and oxygen atoms in total. The Labute approximate surface area is 442 Å². The lowest BCUT2D eigenvalue weighted by Gasteiger charge is -2.39. The third kappa shape index (κ3) is 8.70. The number of ether oxygens (including phenoxy) is 3. The average molecular weight is 995 g/mol. The van der Waals surface area contributed by atoms with Gasteiger partial charge in [0.25, 0.3) is 0 Å². The molecule has 0 spiro atoms. The fraction of sp³-hybridized carbons (Fsp3) is 0.132. The van der Waals surface area contributed by atoms with Gasteiger partial charge >= 0.3 is 0 Å². The van der Waals surface area contributed by atoms with Crippen molar-refractivity contribution in [1.82, 2.24) is 19.5 Å². The summed E-state index contributed by atoms with van der Waals surface area (Å²) in [5.41, 5.74) is 7.11. The molecule has 0 saturated carbocycles. The van der Waals surface area contributed by atoms with E-state index in [2.05, 4.69) is 109 Å². The normalized spacial score (nSPS) is 16.9. The lowest BCUT2D eigenvalue weighted by molar-refractivity contribution is -0.119. The number of benzene rings is 9. The Morgan fingerprint density at radius 1 is 0.421 bits per heavy atom. The van der Waals surface area contributed by atoms with Crippen molar-refractivity contribution in [1.29, 1.82) is 0 Å². The Bertz CT molecular complexity index is 3310. The Morgan fingerprint density at radius 2 is 0.763 bits per heavy atom. The van der Waals surface area contributed by atoms with Crippen LogP contribution in [0.4, 0.5) is 4.39 Å². The van der Waals surface area contributed by atoms with Gasteiger partial charge in [-0.25, -0.2) is 19.3 Å². The van der Waals surface area contributed by atoms with Crippen LogP contribution in [0.1, 0.15) is 62.0 Å². The summed E-state index contributed by atoms with van der Waals surface area (Å²) < 4.78 is 42.9. The maximum absolute atomic E-state index is 18.8. The zero-order chi connectivity index (χ0) is 51.2. The lowest BCUT2D eigenvalue weighted by Crippen LogP contribution is -2.43. The molecule has 1 aliphatic heterocycles. The van der Waals surface area contributed by atoms with Crippen molar-refractivity contribution < 1.29 is 18.6 Å². The highest BCUT2D eigenvalue weighted by molar-refractivity contribution is 5.74. The Morgan fingerprint density at radius 3 is 1.13 bits per heavy atom. The fourth-order valence-corrected chi connectivity index (χ4v) is 11.5. The summed E-state index contributed by atoms with van der Waals surface area (Å²) in [6.07, 6.45) is -1.49. The Balaban J connectivity index is 1.02. The number of imidazole rings is 1. The van der Waals surface area contributed by atoms with Crippen LogP contribution in [-0.2, 0) is 37.2 Å². The Hall–Kier alpha value is -8.66. The van der Waals surface area contributed by atoms with Gasteiger partial charge in [-0.05, 0) is 50.1 Å². The van der Waals surface area contributed by atoms with Crippen molar-refractivity contribution in [3.8, 4) is 0 Å². The number of hydrogen-bond donors (Lipinski definition) is 0. The van der Waals surface area contributed by atoms with Gasteiger partial charge in [0.1, 0.15) is 35.3 Å². The van der Waals surface area contributed by atoms with Crippen LogP contribution in [0, 0.1) is 0 Å². The minimum atomic E-state index is -1.74. The number of aromatic nitrogens is 4. The Kier molecular flexibility index (Phi) is 13.5. The van der Waals surface area contributed by atoms with E-state index in [0.717, 1.165) is 55.8 Å². The standard InChI is InChI=1S/C68H55FN4O3/c69-61-60(47-74-67(53-34-16-4-17-35-53,54-36-18-5-19-37-54)55-38-20-6-21-39-55)75-65(63(61)76-68(56-40-22-7-23-41-56,57-42-24-8-25-43-57)58-44-26-9-27-45-58)73-49-72-62-59(70-48-71-64(62)73)46-66(50-28-10-1-11-29-50,51-30-12-2-13-31-51)52-32-14-3-15-33-52/h1-45,48-49,60-61,63,65H,46-47H2/t60-,61+,63-,65-/m1/s1. The molecule has 8 heteroatoms. The molecule has 0 amide bonds. The SMILES string of the molecule is F[C@@H]1[C@@H](OC(c2ccccc2)(c2ccccc2)c2ccccc2)[C@H](n2cnc3c(CC(c4ccccc4)(c4ccccc4)c4ccccc4)ncnc32)O[C@@H]1COC(c1ccccc1)(c1ccccc1)c1ccccc1. The molecule has 372 valence electrons. The fourth-order valence-electron chi connectivity index (χ4n) is 11.5. The van der Waals surface area contributed by atoms with E-state index in [1.165, 1.54) is 0 Å². The van der Waals surface area contributed by atoms with Crippen molar-refractivity contribution in [3.05, 3.63) is 341 Å². The van der Waals surface area contributed by atoms with E-state index in [9.17, 15) is 0 Å². The molecule has 76 heavy (non-hydrogen) atoms. The molecule has 9 aromatic carbocycles. The molecule has 1 saturated heterocycles. The highest BCUT2D eigenvalue weighted by atomic mass is 19.1. The van der Waals surface area contributed by atoms with Gasteiger partial charge in [-0.2, -0.15) is 0 Å². The number of alkyl halides is 1. The van der Waals surface area contributed by atoms with Crippen molar-refractivity contribution in [2.24, 2.45) is 0 Å². The second kappa shape index (κ2) is 21.3. The first-order valence-corrected chi connectivity index (χ1v) is 25.9. The number of hydrogen-bond acceptors (Lipinski definition) is 6. The van der Waals surface area contributed by atoms with Crippen LogP contribution in [0.2, 0.25) is 0 Å². The molecule has 0 aliphatic carbocycles. The van der Waals surface area contributed by atoms with Gasteiger partial charge in [0.05, 0.1) is 24.0 Å². The third-order valence-corrected chi connectivity index (χ3v) is 15.1. The van der Waals surface area contributed by atoms with Crippen LogP contribution < -0.4 is 0 Å². The van der Waals surface area contributed by atoms with E-state index in [0.29, 0.717) is 17.6 Å². The molecule has 3 heterocycles. The second-order valence-electron chi connectivity index (χ2n) is 19.3. The van der Waals surface area contributed by atoms with Crippen LogP contribution in [0.3, 0.4) is 0 Å². The molecule has 0 bridgehead atoms. The predicted octanol–water partition coefficient (Wildman–Crippen LogP) is 14.0. The van der Waals surface area contributed by atoms with Gasteiger partial charge in [-0.3, -0.25) is 4.57 Å². The summed E-state index contributed by atoms with van der Waals surface area (Å²) in [4.78, 5) is 15.1. The van der Waals surface area contributed by atoms with E-state index >= 15 is 4.39 Å². The highest BCUT2D eigenvalue weighted by Gasteiger charge is 2.54. The first-order valence-electron chi connectivity index (χ1n) is 25.9. The molecule has 0 N–H and O–H groups in total. The number of fused-ring (bicyclic) bond motifs is 1. The third-order valence-electron chi connectivity index (χ3n) is 15.1. The molecule has 12 rings (SSSR count). The first kappa shape index (κ1) is 48.3. The molecule has 11 aromatic rings. The van der Waals surface area contributed by atoms with E-state index in [4.69, 9.17) is 29.2 Å². The van der Waals surface area contributed by atoms with Gasteiger partial charge in [0.15, 0.2) is 18.0 Å². The maximum Gasteiger partial charge on any atom is 0.166 e. The van der Waals surface area contributed by atoms with Crippen molar-refractivity contribution >= 4 is 11.2 Å². The van der Waals surface area contributed by atoms with Crippen LogP contribution >= 0.6 is 0 Å². The van der Waals surface area contributed by atoms with Crippen molar-refractivity contribution in [3.63, 3.8) is 0 Å². The van der Waals surface area contributed by atoms with Crippen molar-refractivity contribution in [2.75, 3.05) is 6.61 Å². The zero-order valence-electron chi connectivity index (χ0n) is 41.8. The topological polar surface area (TPSA) is 71.3 Å².